The molecule has 1 aromatic carbocycles. The molecule has 118 valence electrons. The standard InChI is InChI=1S/C16H17N5O2/c1-18-16(23)10-2-4-13(12(17)7-10)20-11-6-9-3-5-14(22)21-15(9)19-8-11/h2,4,6-8,20H,3,5,17H2,1H3,(H,18,23)(H,19,21,22). The van der Waals surface area contributed by atoms with Crippen LogP contribution in [-0.2, 0) is 11.2 Å². The Labute approximate surface area is 133 Å². The van der Waals surface area contributed by atoms with Gasteiger partial charge < -0.3 is 21.7 Å². The van der Waals surface area contributed by atoms with Crippen molar-refractivity contribution >= 4 is 34.7 Å². The van der Waals surface area contributed by atoms with Gasteiger partial charge >= 0.3 is 0 Å². The summed E-state index contributed by atoms with van der Waals surface area (Å²) in [4.78, 5) is 27.2. The van der Waals surface area contributed by atoms with E-state index in [1.807, 2.05) is 6.07 Å². The lowest BCUT2D eigenvalue weighted by atomic mass is 10.1. The number of nitrogens with two attached hydrogens (primary N) is 1. The van der Waals surface area contributed by atoms with Gasteiger partial charge in [0.2, 0.25) is 5.91 Å². The molecular formula is C16H17N5O2. The molecule has 23 heavy (non-hydrogen) atoms. The molecule has 3 rings (SSSR count). The number of nitrogens with zero attached hydrogens (tertiary/aromatic N) is 1. The fourth-order valence-corrected chi connectivity index (χ4v) is 2.44. The summed E-state index contributed by atoms with van der Waals surface area (Å²) in [5, 5.41) is 8.48. The van der Waals surface area contributed by atoms with Crippen LogP contribution in [0.15, 0.2) is 30.5 Å². The van der Waals surface area contributed by atoms with Crippen molar-refractivity contribution < 1.29 is 9.59 Å². The summed E-state index contributed by atoms with van der Waals surface area (Å²) in [5.41, 5.74) is 9.42. The second kappa shape index (κ2) is 5.96. The lowest BCUT2D eigenvalue weighted by molar-refractivity contribution is -0.116. The molecule has 7 heteroatoms. The van der Waals surface area contributed by atoms with Crippen LogP contribution in [0.3, 0.4) is 0 Å². The molecule has 5 N–H and O–H groups in total. The number of carbonyl (C=O) groups excluding carboxylic acids is 2. The Bertz CT molecular complexity index is 788. The van der Waals surface area contributed by atoms with Gasteiger partial charge in [-0.1, -0.05) is 0 Å². The zero-order valence-electron chi connectivity index (χ0n) is 12.6. The summed E-state index contributed by atoms with van der Waals surface area (Å²) in [6.07, 6.45) is 2.76. The van der Waals surface area contributed by atoms with Crippen molar-refractivity contribution in [3.05, 3.63) is 41.6 Å². The Kier molecular flexibility index (Phi) is 3.84. The van der Waals surface area contributed by atoms with Gasteiger partial charge in [0.15, 0.2) is 0 Å². The molecule has 1 aliphatic rings. The summed E-state index contributed by atoms with van der Waals surface area (Å²) in [6.45, 7) is 0. The lowest BCUT2D eigenvalue weighted by Crippen LogP contribution is -2.20. The number of rotatable bonds is 3. The van der Waals surface area contributed by atoms with E-state index in [0.717, 1.165) is 11.3 Å². The molecule has 1 aliphatic heterocycles. The number of nitrogens with one attached hydrogen (secondary N) is 3. The average Bonchev–Trinajstić information content (AvgIpc) is 2.56. The highest BCUT2D eigenvalue weighted by Gasteiger charge is 2.16. The van der Waals surface area contributed by atoms with E-state index in [1.54, 1.807) is 31.4 Å². The van der Waals surface area contributed by atoms with Crippen LogP contribution in [0.1, 0.15) is 22.3 Å². The van der Waals surface area contributed by atoms with Crippen molar-refractivity contribution in [3.8, 4) is 0 Å². The largest absolute Gasteiger partial charge is 0.397 e. The maximum absolute atomic E-state index is 11.6. The van der Waals surface area contributed by atoms with Gasteiger partial charge in [-0.2, -0.15) is 0 Å². The average molecular weight is 311 g/mol. The first kappa shape index (κ1) is 14.8. The van der Waals surface area contributed by atoms with Crippen LogP contribution in [0, 0.1) is 0 Å². The monoisotopic (exact) mass is 311 g/mol. The number of nitrogen functional groups attached to an aromatic ring is 1. The third-order valence-electron chi connectivity index (χ3n) is 3.67. The van der Waals surface area contributed by atoms with Gasteiger partial charge in [-0.25, -0.2) is 4.98 Å². The Hall–Kier alpha value is -3.09. The molecule has 0 saturated carbocycles. The number of amides is 2. The number of fused-ring (bicyclic) bond motifs is 1. The van der Waals surface area contributed by atoms with Crippen molar-refractivity contribution in [3.63, 3.8) is 0 Å². The minimum absolute atomic E-state index is 0.0141. The van der Waals surface area contributed by atoms with E-state index >= 15 is 0 Å². The van der Waals surface area contributed by atoms with Crippen molar-refractivity contribution in [2.75, 3.05) is 23.4 Å². The van der Waals surface area contributed by atoms with Gasteiger partial charge in [-0.05, 0) is 36.2 Å². The molecule has 0 spiro atoms. The van der Waals surface area contributed by atoms with Crippen LogP contribution >= 0.6 is 0 Å². The first-order chi connectivity index (χ1) is 11.1. The predicted octanol–water partition coefficient (Wildman–Crippen LogP) is 1.65. The van der Waals surface area contributed by atoms with E-state index in [2.05, 4.69) is 20.9 Å². The maximum atomic E-state index is 11.6. The van der Waals surface area contributed by atoms with Crippen LogP contribution in [-0.4, -0.2) is 23.8 Å². The highest BCUT2D eigenvalue weighted by atomic mass is 16.2. The van der Waals surface area contributed by atoms with E-state index < -0.39 is 0 Å². The van der Waals surface area contributed by atoms with Gasteiger partial charge in [0, 0.05) is 19.0 Å². The SMILES string of the molecule is CNC(=O)c1ccc(Nc2cnc3c(c2)CCC(=O)N3)c(N)c1. The van der Waals surface area contributed by atoms with Crippen LogP contribution in [0.2, 0.25) is 0 Å². The van der Waals surface area contributed by atoms with Crippen molar-refractivity contribution in [2.45, 2.75) is 12.8 Å². The Morgan fingerprint density at radius 2 is 2.13 bits per heavy atom. The molecule has 1 aromatic heterocycles. The number of aromatic nitrogens is 1. The fraction of sp³-hybridized carbons (Fsp3) is 0.188. The van der Waals surface area contributed by atoms with E-state index in [-0.39, 0.29) is 11.8 Å². The number of anilines is 4. The van der Waals surface area contributed by atoms with Gasteiger partial charge in [0.25, 0.3) is 5.91 Å². The number of carbonyl (C=O) groups is 2. The molecule has 7 nitrogen and oxygen atoms in total. The van der Waals surface area contributed by atoms with Gasteiger partial charge in [-0.15, -0.1) is 0 Å². The normalized spacial score (nSPS) is 13.0. The number of hydrogen-bond donors (Lipinski definition) is 4. The molecule has 2 aromatic rings. The molecule has 0 bridgehead atoms. The van der Waals surface area contributed by atoms with Crippen LogP contribution < -0.4 is 21.7 Å². The Morgan fingerprint density at radius 3 is 2.87 bits per heavy atom. The fourth-order valence-electron chi connectivity index (χ4n) is 2.44. The number of hydrogen-bond acceptors (Lipinski definition) is 5. The minimum Gasteiger partial charge on any atom is -0.397 e. The molecule has 0 saturated heterocycles. The highest BCUT2D eigenvalue weighted by molar-refractivity contribution is 5.96. The molecule has 0 radical (unpaired) electrons. The molecule has 0 unspecified atom stereocenters. The third kappa shape index (κ3) is 3.08. The third-order valence-corrected chi connectivity index (χ3v) is 3.67. The summed E-state index contributed by atoms with van der Waals surface area (Å²) >= 11 is 0. The van der Waals surface area contributed by atoms with Crippen molar-refractivity contribution in [2.24, 2.45) is 0 Å². The van der Waals surface area contributed by atoms with Gasteiger partial charge in [-0.3, -0.25) is 9.59 Å². The van der Waals surface area contributed by atoms with E-state index in [9.17, 15) is 9.59 Å². The van der Waals surface area contributed by atoms with Crippen molar-refractivity contribution in [1.82, 2.24) is 10.3 Å². The molecular weight excluding hydrogens is 294 g/mol. The van der Waals surface area contributed by atoms with Crippen molar-refractivity contribution in [1.29, 1.82) is 0 Å². The quantitative estimate of drug-likeness (QED) is 0.644. The van der Waals surface area contributed by atoms with Crippen LogP contribution in [0.4, 0.5) is 22.9 Å². The first-order valence-electron chi connectivity index (χ1n) is 7.24. The second-order valence-corrected chi connectivity index (χ2v) is 5.29. The summed E-state index contributed by atoms with van der Waals surface area (Å²) in [5.74, 6) is 0.406. The summed E-state index contributed by atoms with van der Waals surface area (Å²) in [6, 6.07) is 7.01. The summed E-state index contributed by atoms with van der Waals surface area (Å²) < 4.78 is 0. The predicted molar refractivity (Wildman–Crippen MR) is 88.7 cm³/mol. The molecule has 0 aliphatic carbocycles. The number of pyridine rings is 1. The Balaban J connectivity index is 1.82. The maximum Gasteiger partial charge on any atom is 0.251 e. The minimum atomic E-state index is -0.186. The molecule has 0 fully saturated rings. The Morgan fingerprint density at radius 1 is 1.30 bits per heavy atom. The summed E-state index contributed by atoms with van der Waals surface area (Å²) in [7, 11) is 1.57. The highest BCUT2D eigenvalue weighted by Crippen LogP contribution is 2.27. The van der Waals surface area contributed by atoms with Crippen LogP contribution in [0.25, 0.3) is 0 Å². The molecule has 2 heterocycles. The van der Waals surface area contributed by atoms with Crippen LogP contribution in [0.5, 0.6) is 0 Å². The topological polar surface area (TPSA) is 109 Å². The zero-order valence-corrected chi connectivity index (χ0v) is 12.6. The second-order valence-electron chi connectivity index (χ2n) is 5.29. The van der Waals surface area contributed by atoms with E-state index in [4.69, 9.17) is 5.73 Å². The zero-order chi connectivity index (χ0) is 16.4. The molecule has 0 atom stereocenters. The van der Waals surface area contributed by atoms with Gasteiger partial charge in [0.05, 0.1) is 23.3 Å². The lowest BCUT2D eigenvalue weighted by Gasteiger charge is -2.17. The number of aryl methyl sites for hydroxylation is 1. The van der Waals surface area contributed by atoms with E-state index in [0.29, 0.717) is 35.6 Å². The number of benzene rings is 1. The van der Waals surface area contributed by atoms with E-state index in [1.165, 1.54) is 0 Å². The molecule has 2 amide bonds. The van der Waals surface area contributed by atoms with Gasteiger partial charge in [0.1, 0.15) is 5.82 Å². The first-order valence-corrected chi connectivity index (χ1v) is 7.24. The smallest absolute Gasteiger partial charge is 0.251 e.